The molecule has 0 spiro atoms. The van der Waals surface area contributed by atoms with Crippen LogP contribution in [0.3, 0.4) is 0 Å². The first-order valence-corrected chi connectivity index (χ1v) is 9.79. The summed E-state index contributed by atoms with van der Waals surface area (Å²) in [5.74, 6) is -0.354. The van der Waals surface area contributed by atoms with Gasteiger partial charge in [0.15, 0.2) is 11.4 Å². The average molecular weight is 530 g/mol. The van der Waals surface area contributed by atoms with Gasteiger partial charge in [0.25, 0.3) is 0 Å². The molecule has 28 heavy (non-hydrogen) atoms. The van der Waals surface area contributed by atoms with Crippen molar-refractivity contribution in [2.45, 2.75) is 6.92 Å². The summed E-state index contributed by atoms with van der Waals surface area (Å²) >= 11 is 12.8. The number of hydrogen-bond acceptors (Lipinski definition) is 6. The molecule has 1 heterocycles. The highest BCUT2D eigenvalue weighted by atomic mass is 79.9. The van der Waals surface area contributed by atoms with Gasteiger partial charge in [-0.1, -0.05) is 27.5 Å². The molecule has 0 N–H and O–H groups in total. The summed E-state index contributed by atoms with van der Waals surface area (Å²) in [6.45, 7) is 1.29. The van der Waals surface area contributed by atoms with Crippen molar-refractivity contribution in [3.05, 3.63) is 61.1 Å². The van der Waals surface area contributed by atoms with Crippen LogP contribution < -0.4 is 9.47 Å². The average Bonchev–Trinajstić information content (AvgIpc) is 2.98. The summed E-state index contributed by atoms with van der Waals surface area (Å²) < 4.78 is 17.1. The molecule has 2 aromatic rings. The number of methoxy groups -OCH3 is 1. The Bertz CT molecular complexity index is 1050. The van der Waals surface area contributed by atoms with Crippen molar-refractivity contribution in [3.63, 3.8) is 0 Å². The lowest BCUT2D eigenvalue weighted by molar-refractivity contribution is -0.132. The van der Waals surface area contributed by atoms with Gasteiger partial charge in [-0.15, -0.1) is 0 Å². The maximum Gasteiger partial charge on any atom is 0.363 e. The highest BCUT2D eigenvalue weighted by Crippen LogP contribution is 2.35. The maximum atomic E-state index is 12.3. The Morgan fingerprint density at radius 1 is 1.25 bits per heavy atom. The molecule has 0 atom stereocenters. The fraction of sp³-hybridized carbons (Fsp3) is 0.105. The van der Waals surface area contributed by atoms with E-state index >= 15 is 0 Å². The number of esters is 2. The molecule has 0 fully saturated rings. The van der Waals surface area contributed by atoms with Gasteiger partial charge in [-0.2, -0.15) is 0 Å². The van der Waals surface area contributed by atoms with Crippen LogP contribution in [0.2, 0.25) is 5.02 Å². The second-order valence-corrected chi connectivity index (χ2v) is 7.79. The Morgan fingerprint density at radius 3 is 2.68 bits per heavy atom. The number of carbonyl (C=O) groups is 2. The van der Waals surface area contributed by atoms with Crippen molar-refractivity contribution in [1.29, 1.82) is 0 Å². The third-order valence-electron chi connectivity index (χ3n) is 3.59. The summed E-state index contributed by atoms with van der Waals surface area (Å²) in [5, 5.41) is 0.444. The van der Waals surface area contributed by atoms with Crippen molar-refractivity contribution >= 4 is 67.4 Å². The minimum absolute atomic E-state index is 0.0374. The molecule has 0 aliphatic carbocycles. The monoisotopic (exact) mass is 527 g/mol. The number of halogens is 3. The van der Waals surface area contributed by atoms with E-state index in [2.05, 4.69) is 36.9 Å². The van der Waals surface area contributed by atoms with Crippen LogP contribution in [0.4, 0.5) is 0 Å². The largest absolute Gasteiger partial charge is 0.496 e. The first kappa shape index (κ1) is 20.6. The molecule has 9 heteroatoms. The van der Waals surface area contributed by atoms with E-state index in [1.807, 2.05) is 0 Å². The van der Waals surface area contributed by atoms with Gasteiger partial charge in [-0.05, 0) is 52.3 Å². The first-order valence-electron chi connectivity index (χ1n) is 7.82. The Balaban J connectivity index is 2.08. The van der Waals surface area contributed by atoms with Crippen LogP contribution in [0.1, 0.15) is 18.1 Å². The van der Waals surface area contributed by atoms with E-state index in [4.69, 9.17) is 25.8 Å². The predicted molar refractivity (Wildman–Crippen MR) is 112 cm³/mol. The summed E-state index contributed by atoms with van der Waals surface area (Å²) in [7, 11) is 1.49. The molecule has 6 nitrogen and oxygen atoms in total. The van der Waals surface area contributed by atoms with Crippen molar-refractivity contribution in [1.82, 2.24) is 0 Å². The number of hydrogen-bond donors (Lipinski definition) is 0. The van der Waals surface area contributed by atoms with Gasteiger partial charge >= 0.3 is 11.9 Å². The predicted octanol–water partition coefficient (Wildman–Crippen LogP) is 5.14. The lowest BCUT2D eigenvalue weighted by Gasteiger charge is -2.09. The molecule has 1 aliphatic heterocycles. The number of rotatable bonds is 4. The van der Waals surface area contributed by atoms with Crippen LogP contribution in [-0.2, 0) is 14.3 Å². The maximum absolute atomic E-state index is 12.3. The highest BCUT2D eigenvalue weighted by molar-refractivity contribution is 9.11. The van der Waals surface area contributed by atoms with E-state index < -0.39 is 11.9 Å². The van der Waals surface area contributed by atoms with Gasteiger partial charge < -0.3 is 14.2 Å². The quantitative estimate of drug-likeness (QED) is 0.311. The third kappa shape index (κ3) is 4.45. The van der Waals surface area contributed by atoms with Crippen molar-refractivity contribution in [3.8, 4) is 11.5 Å². The smallest absolute Gasteiger partial charge is 0.363 e. The molecule has 3 rings (SSSR count). The fourth-order valence-corrected chi connectivity index (χ4v) is 3.97. The minimum Gasteiger partial charge on any atom is -0.496 e. The molecule has 0 unspecified atom stereocenters. The van der Waals surface area contributed by atoms with Crippen LogP contribution in [0, 0.1) is 0 Å². The van der Waals surface area contributed by atoms with Gasteiger partial charge in [0, 0.05) is 22.0 Å². The second kappa shape index (κ2) is 8.46. The topological polar surface area (TPSA) is 74.2 Å². The zero-order valence-electron chi connectivity index (χ0n) is 14.6. The van der Waals surface area contributed by atoms with Gasteiger partial charge in [0.1, 0.15) is 5.75 Å². The van der Waals surface area contributed by atoms with Crippen LogP contribution in [0.15, 0.2) is 50.0 Å². The van der Waals surface area contributed by atoms with Crippen molar-refractivity contribution in [2.24, 2.45) is 4.99 Å². The minimum atomic E-state index is -0.651. The van der Waals surface area contributed by atoms with E-state index in [-0.39, 0.29) is 17.3 Å². The number of nitrogens with zero attached hydrogens (tertiary/aromatic N) is 1. The summed E-state index contributed by atoms with van der Waals surface area (Å²) in [5.41, 5.74) is 0.948. The van der Waals surface area contributed by atoms with Gasteiger partial charge in [-0.25, -0.2) is 9.79 Å². The van der Waals surface area contributed by atoms with Crippen LogP contribution >= 0.6 is 43.5 Å². The second-order valence-electron chi connectivity index (χ2n) is 5.58. The first-order chi connectivity index (χ1) is 13.3. The molecule has 1 aliphatic rings. The zero-order valence-corrected chi connectivity index (χ0v) is 18.5. The molecule has 2 aromatic carbocycles. The van der Waals surface area contributed by atoms with Crippen molar-refractivity contribution < 1.29 is 23.8 Å². The molecule has 0 saturated carbocycles. The SMILES string of the molecule is COc1ccc(Cl)cc1C1=N/C(=C\c2cc(Br)cc(Br)c2OC(C)=O)C(=O)O1. The summed E-state index contributed by atoms with van der Waals surface area (Å²) in [6.07, 6.45) is 1.47. The zero-order chi connectivity index (χ0) is 20.4. The van der Waals surface area contributed by atoms with E-state index in [0.717, 1.165) is 0 Å². The number of cyclic esters (lactones) is 1. The number of aliphatic imine (C=N–C) groups is 1. The van der Waals surface area contributed by atoms with E-state index in [1.165, 1.54) is 20.1 Å². The number of ether oxygens (including phenoxy) is 3. The lowest BCUT2D eigenvalue weighted by atomic mass is 10.1. The summed E-state index contributed by atoms with van der Waals surface area (Å²) in [4.78, 5) is 28.0. The molecular weight excluding hydrogens is 517 g/mol. The number of benzene rings is 2. The normalized spacial score (nSPS) is 14.7. The van der Waals surface area contributed by atoms with Gasteiger partial charge in [-0.3, -0.25) is 4.79 Å². The van der Waals surface area contributed by atoms with Crippen LogP contribution in [-0.4, -0.2) is 24.9 Å². The Labute approximate surface area is 182 Å². The Morgan fingerprint density at radius 2 is 2.00 bits per heavy atom. The van der Waals surface area contributed by atoms with Gasteiger partial charge in [0.2, 0.25) is 5.90 Å². The van der Waals surface area contributed by atoms with E-state index in [9.17, 15) is 9.59 Å². The molecule has 0 aromatic heterocycles. The Kier molecular flexibility index (Phi) is 6.22. The summed E-state index contributed by atoms with van der Waals surface area (Å²) in [6, 6.07) is 8.31. The fourth-order valence-electron chi connectivity index (χ4n) is 2.46. The molecule has 0 bridgehead atoms. The molecule has 144 valence electrons. The Hall–Kier alpha value is -2.16. The standard InChI is InChI=1S/C19H12Br2ClNO5/c1-9(24)27-17-10(5-11(20)7-14(17)21)6-15-19(25)28-18(23-15)13-8-12(22)3-4-16(13)26-2/h3-8H,1-2H3/b15-6-. The lowest BCUT2D eigenvalue weighted by Crippen LogP contribution is -2.07. The van der Waals surface area contributed by atoms with Crippen LogP contribution in [0.25, 0.3) is 6.08 Å². The van der Waals surface area contributed by atoms with Crippen LogP contribution in [0.5, 0.6) is 11.5 Å². The molecular formula is C19H12Br2ClNO5. The molecule has 0 radical (unpaired) electrons. The number of carbonyl (C=O) groups excluding carboxylic acids is 2. The molecule has 0 saturated heterocycles. The van der Waals surface area contributed by atoms with E-state index in [1.54, 1.807) is 30.3 Å². The van der Waals surface area contributed by atoms with Gasteiger partial charge in [0.05, 0.1) is 17.1 Å². The highest BCUT2D eigenvalue weighted by Gasteiger charge is 2.27. The third-order valence-corrected chi connectivity index (χ3v) is 4.87. The molecule has 0 amide bonds. The van der Waals surface area contributed by atoms with E-state index in [0.29, 0.717) is 30.8 Å². The van der Waals surface area contributed by atoms with Crippen molar-refractivity contribution in [2.75, 3.05) is 7.11 Å².